The van der Waals surface area contributed by atoms with Gasteiger partial charge in [0, 0.05) is 11.3 Å². The van der Waals surface area contributed by atoms with Gasteiger partial charge in [-0.1, -0.05) is 31.9 Å². The SMILES string of the molecule is CCCCC12CCC(C1=O)C1C=CC2C1. The molecule has 0 amide bonds. The molecule has 3 aliphatic rings. The van der Waals surface area contributed by atoms with Crippen molar-refractivity contribution in [2.45, 2.75) is 45.4 Å². The zero-order valence-electron chi connectivity index (χ0n) is 9.54. The van der Waals surface area contributed by atoms with Gasteiger partial charge in [-0.3, -0.25) is 4.79 Å². The van der Waals surface area contributed by atoms with Gasteiger partial charge in [0.2, 0.25) is 0 Å². The first-order valence-electron chi connectivity index (χ1n) is 6.50. The summed E-state index contributed by atoms with van der Waals surface area (Å²) in [6, 6.07) is 0. The summed E-state index contributed by atoms with van der Waals surface area (Å²) in [6.07, 6.45) is 11.9. The van der Waals surface area contributed by atoms with Crippen LogP contribution in [0.2, 0.25) is 0 Å². The van der Waals surface area contributed by atoms with E-state index in [1.807, 2.05) is 0 Å². The second-order valence-corrected chi connectivity index (χ2v) is 5.66. The van der Waals surface area contributed by atoms with Gasteiger partial charge in [-0.15, -0.1) is 0 Å². The first-order valence-corrected chi connectivity index (χ1v) is 6.50. The van der Waals surface area contributed by atoms with Crippen LogP contribution in [0.5, 0.6) is 0 Å². The molecular weight excluding hydrogens is 184 g/mol. The highest BCUT2D eigenvalue weighted by atomic mass is 16.1. The minimum absolute atomic E-state index is 0.0875. The standard InChI is InChI=1S/C14H20O/c1-2-3-7-14-8-6-12(13(14)15)10-4-5-11(14)9-10/h4-5,10-12H,2-3,6-9H2,1H3. The van der Waals surface area contributed by atoms with Gasteiger partial charge in [-0.05, 0) is 37.5 Å². The van der Waals surface area contributed by atoms with E-state index in [0.29, 0.717) is 23.5 Å². The van der Waals surface area contributed by atoms with E-state index in [0.717, 1.165) is 6.42 Å². The van der Waals surface area contributed by atoms with Gasteiger partial charge in [-0.2, -0.15) is 0 Å². The van der Waals surface area contributed by atoms with E-state index in [-0.39, 0.29) is 5.41 Å². The topological polar surface area (TPSA) is 17.1 Å². The number of allylic oxidation sites excluding steroid dienone is 2. The van der Waals surface area contributed by atoms with Crippen LogP contribution in [-0.2, 0) is 4.79 Å². The Morgan fingerprint density at radius 2 is 2.33 bits per heavy atom. The van der Waals surface area contributed by atoms with Crippen molar-refractivity contribution in [2.24, 2.45) is 23.2 Å². The minimum atomic E-state index is 0.0875. The highest BCUT2D eigenvalue weighted by Gasteiger charge is 2.58. The number of unbranched alkanes of at least 4 members (excludes halogenated alkanes) is 1. The third-order valence-corrected chi connectivity index (χ3v) is 5.05. The van der Waals surface area contributed by atoms with Crippen molar-refractivity contribution in [2.75, 3.05) is 0 Å². The van der Waals surface area contributed by atoms with Gasteiger partial charge in [0.25, 0.3) is 0 Å². The fourth-order valence-electron chi connectivity index (χ4n) is 4.17. The number of carbonyl (C=O) groups is 1. The molecule has 0 aliphatic heterocycles. The van der Waals surface area contributed by atoms with Crippen molar-refractivity contribution in [1.82, 2.24) is 0 Å². The largest absolute Gasteiger partial charge is 0.299 e. The fraction of sp³-hybridized carbons (Fsp3) is 0.786. The molecule has 0 aromatic rings. The van der Waals surface area contributed by atoms with Crippen molar-refractivity contribution >= 4 is 5.78 Å². The molecule has 2 saturated carbocycles. The highest BCUT2D eigenvalue weighted by molar-refractivity contribution is 5.91. The second-order valence-electron chi connectivity index (χ2n) is 5.66. The van der Waals surface area contributed by atoms with Crippen molar-refractivity contribution in [1.29, 1.82) is 0 Å². The van der Waals surface area contributed by atoms with Crippen molar-refractivity contribution < 1.29 is 4.79 Å². The Kier molecular flexibility index (Phi) is 2.05. The molecule has 0 N–H and O–H groups in total. The molecule has 4 atom stereocenters. The summed E-state index contributed by atoms with van der Waals surface area (Å²) in [6.45, 7) is 2.23. The minimum Gasteiger partial charge on any atom is -0.299 e. The Morgan fingerprint density at radius 1 is 1.47 bits per heavy atom. The zero-order chi connectivity index (χ0) is 10.5. The molecule has 2 fully saturated rings. The Labute approximate surface area is 91.9 Å². The molecule has 3 aliphatic carbocycles. The summed E-state index contributed by atoms with van der Waals surface area (Å²) < 4.78 is 0. The Bertz CT molecular complexity index is 317. The van der Waals surface area contributed by atoms with Crippen LogP contribution in [0.4, 0.5) is 0 Å². The maximum absolute atomic E-state index is 12.4. The van der Waals surface area contributed by atoms with Gasteiger partial charge in [0.1, 0.15) is 5.78 Å². The lowest BCUT2D eigenvalue weighted by molar-refractivity contribution is -0.135. The maximum atomic E-state index is 12.4. The van der Waals surface area contributed by atoms with Crippen LogP contribution in [0.15, 0.2) is 12.2 Å². The van der Waals surface area contributed by atoms with Gasteiger partial charge >= 0.3 is 0 Å². The second kappa shape index (κ2) is 3.20. The molecule has 1 nitrogen and oxygen atoms in total. The Hall–Kier alpha value is -0.590. The van der Waals surface area contributed by atoms with Crippen molar-refractivity contribution in [3.05, 3.63) is 12.2 Å². The van der Waals surface area contributed by atoms with Crippen LogP contribution in [0.1, 0.15) is 45.4 Å². The summed E-state index contributed by atoms with van der Waals surface area (Å²) >= 11 is 0. The number of carbonyl (C=O) groups excluding carboxylic acids is 1. The summed E-state index contributed by atoms with van der Waals surface area (Å²) in [7, 11) is 0. The molecule has 0 saturated heterocycles. The van der Waals surface area contributed by atoms with Gasteiger partial charge in [-0.25, -0.2) is 0 Å². The Morgan fingerprint density at radius 3 is 3.13 bits per heavy atom. The molecule has 15 heavy (non-hydrogen) atoms. The first kappa shape index (κ1) is 9.62. The van der Waals surface area contributed by atoms with Crippen molar-refractivity contribution in [3.8, 4) is 0 Å². The average molecular weight is 204 g/mol. The normalized spacial score (nSPS) is 46.5. The summed E-state index contributed by atoms with van der Waals surface area (Å²) in [5.74, 6) is 2.24. The first-order chi connectivity index (χ1) is 7.28. The summed E-state index contributed by atoms with van der Waals surface area (Å²) in [4.78, 5) is 12.4. The molecule has 0 spiro atoms. The maximum Gasteiger partial charge on any atom is 0.143 e. The van der Waals surface area contributed by atoms with E-state index in [2.05, 4.69) is 19.1 Å². The van der Waals surface area contributed by atoms with Gasteiger partial charge < -0.3 is 0 Å². The number of fused-ring (bicyclic) bond motifs is 6. The van der Waals surface area contributed by atoms with E-state index in [1.54, 1.807) is 0 Å². The molecule has 1 heteroatoms. The van der Waals surface area contributed by atoms with Crippen LogP contribution < -0.4 is 0 Å². The van der Waals surface area contributed by atoms with Gasteiger partial charge in [0.05, 0.1) is 0 Å². The molecule has 4 bridgehead atoms. The lowest BCUT2D eigenvalue weighted by atomic mass is 9.64. The summed E-state index contributed by atoms with van der Waals surface area (Å²) in [5.41, 5.74) is 0.0875. The fourth-order valence-corrected chi connectivity index (χ4v) is 4.17. The number of rotatable bonds is 3. The number of hydrogen-bond acceptors (Lipinski definition) is 1. The van der Waals surface area contributed by atoms with Crippen LogP contribution in [0.25, 0.3) is 0 Å². The number of Topliss-reactive ketones (excluding diaryl/α,β-unsaturated/α-hetero) is 1. The van der Waals surface area contributed by atoms with Crippen LogP contribution in [0.3, 0.4) is 0 Å². The number of hydrogen-bond donors (Lipinski definition) is 0. The highest BCUT2D eigenvalue weighted by Crippen LogP contribution is 2.59. The van der Waals surface area contributed by atoms with Crippen LogP contribution >= 0.6 is 0 Å². The third kappa shape index (κ3) is 1.12. The van der Waals surface area contributed by atoms with E-state index in [4.69, 9.17) is 0 Å². The molecule has 4 unspecified atom stereocenters. The lowest BCUT2D eigenvalue weighted by Crippen LogP contribution is -2.40. The third-order valence-electron chi connectivity index (χ3n) is 5.05. The van der Waals surface area contributed by atoms with E-state index >= 15 is 0 Å². The molecule has 82 valence electrons. The van der Waals surface area contributed by atoms with Crippen molar-refractivity contribution in [3.63, 3.8) is 0 Å². The average Bonchev–Trinajstić information content (AvgIpc) is 2.73. The van der Waals surface area contributed by atoms with Crippen LogP contribution in [0, 0.1) is 23.2 Å². The van der Waals surface area contributed by atoms with Crippen LogP contribution in [-0.4, -0.2) is 5.78 Å². The Balaban J connectivity index is 1.92. The monoisotopic (exact) mass is 204 g/mol. The molecule has 0 heterocycles. The zero-order valence-corrected chi connectivity index (χ0v) is 9.54. The predicted octanol–water partition coefficient (Wildman–Crippen LogP) is 3.35. The molecule has 0 aromatic carbocycles. The van der Waals surface area contributed by atoms with Gasteiger partial charge in [0.15, 0.2) is 0 Å². The number of ketones is 1. The molecule has 3 rings (SSSR count). The summed E-state index contributed by atoms with van der Waals surface area (Å²) in [5, 5.41) is 0. The molecule has 0 radical (unpaired) electrons. The predicted molar refractivity (Wildman–Crippen MR) is 60.4 cm³/mol. The lowest BCUT2D eigenvalue weighted by Gasteiger charge is -2.37. The quantitative estimate of drug-likeness (QED) is 0.644. The van der Waals surface area contributed by atoms with E-state index < -0.39 is 0 Å². The molecule has 0 aromatic heterocycles. The van der Waals surface area contributed by atoms with E-state index in [1.165, 1.54) is 32.1 Å². The molecular formula is C14H20O. The van der Waals surface area contributed by atoms with E-state index in [9.17, 15) is 4.79 Å². The smallest absolute Gasteiger partial charge is 0.143 e.